The van der Waals surface area contributed by atoms with Gasteiger partial charge in [-0.1, -0.05) is 31.2 Å². The standard InChI is InChI=1S/C19H24N4O/c1-14-7-9-23(10-8-14)18-11-17(21-13-22-18)19(24)20-12-16-6-4-3-5-15(16)2/h3-6,11,13-14H,7-10,12H2,1-2H3,(H,20,24). The molecule has 0 aliphatic carbocycles. The molecule has 1 aromatic heterocycles. The summed E-state index contributed by atoms with van der Waals surface area (Å²) in [5.41, 5.74) is 2.71. The summed E-state index contributed by atoms with van der Waals surface area (Å²) < 4.78 is 0. The van der Waals surface area contributed by atoms with E-state index in [0.717, 1.165) is 30.4 Å². The number of carbonyl (C=O) groups is 1. The van der Waals surface area contributed by atoms with Crippen molar-refractivity contribution in [1.29, 1.82) is 0 Å². The number of nitrogens with zero attached hydrogens (tertiary/aromatic N) is 3. The van der Waals surface area contributed by atoms with Crippen LogP contribution in [-0.4, -0.2) is 29.0 Å². The molecular weight excluding hydrogens is 300 g/mol. The van der Waals surface area contributed by atoms with E-state index < -0.39 is 0 Å². The van der Waals surface area contributed by atoms with Gasteiger partial charge in [-0.3, -0.25) is 4.79 Å². The van der Waals surface area contributed by atoms with Crippen molar-refractivity contribution < 1.29 is 4.79 Å². The average molecular weight is 324 g/mol. The summed E-state index contributed by atoms with van der Waals surface area (Å²) in [4.78, 5) is 23.1. The SMILES string of the molecule is Cc1ccccc1CNC(=O)c1cc(N2CCC(C)CC2)ncn1. The van der Waals surface area contributed by atoms with Gasteiger partial charge < -0.3 is 10.2 Å². The van der Waals surface area contributed by atoms with Crippen LogP contribution in [0.2, 0.25) is 0 Å². The third-order valence-corrected chi connectivity index (χ3v) is 4.69. The Morgan fingerprint density at radius 2 is 2.00 bits per heavy atom. The molecule has 0 unspecified atom stereocenters. The Bertz CT molecular complexity index is 708. The lowest BCUT2D eigenvalue weighted by atomic mass is 9.99. The Morgan fingerprint density at radius 3 is 2.75 bits per heavy atom. The van der Waals surface area contributed by atoms with Gasteiger partial charge in [0.15, 0.2) is 0 Å². The lowest BCUT2D eigenvalue weighted by molar-refractivity contribution is 0.0945. The van der Waals surface area contributed by atoms with Crippen LogP contribution in [0.4, 0.5) is 5.82 Å². The van der Waals surface area contributed by atoms with Crippen LogP contribution in [0, 0.1) is 12.8 Å². The Balaban J connectivity index is 1.65. The summed E-state index contributed by atoms with van der Waals surface area (Å²) in [6.45, 7) is 6.81. The monoisotopic (exact) mass is 324 g/mol. The highest BCUT2D eigenvalue weighted by Gasteiger charge is 2.18. The molecular formula is C19H24N4O. The number of aryl methyl sites for hydroxylation is 1. The van der Waals surface area contributed by atoms with Gasteiger partial charge in [-0.25, -0.2) is 9.97 Å². The molecule has 3 rings (SSSR count). The van der Waals surface area contributed by atoms with Crippen molar-refractivity contribution in [3.8, 4) is 0 Å². The minimum Gasteiger partial charge on any atom is -0.356 e. The zero-order valence-electron chi connectivity index (χ0n) is 14.3. The predicted octanol–water partition coefficient (Wildman–Crippen LogP) is 2.95. The number of nitrogens with one attached hydrogen (secondary N) is 1. The first-order valence-corrected chi connectivity index (χ1v) is 8.53. The Morgan fingerprint density at radius 1 is 1.25 bits per heavy atom. The van der Waals surface area contributed by atoms with Crippen LogP contribution in [0.5, 0.6) is 0 Å². The van der Waals surface area contributed by atoms with Crippen molar-refractivity contribution in [3.63, 3.8) is 0 Å². The maximum atomic E-state index is 12.4. The number of hydrogen-bond acceptors (Lipinski definition) is 4. The van der Waals surface area contributed by atoms with E-state index in [1.807, 2.05) is 31.2 Å². The van der Waals surface area contributed by atoms with E-state index in [-0.39, 0.29) is 5.91 Å². The van der Waals surface area contributed by atoms with Gasteiger partial charge in [-0.05, 0) is 36.8 Å². The van der Waals surface area contributed by atoms with Crippen molar-refractivity contribution in [3.05, 3.63) is 53.5 Å². The highest BCUT2D eigenvalue weighted by molar-refractivity contribution is 5.92. The first-order valence-electron chi connectivity index (χ1n) is 8.53. The molecule has 1 fully saturated rings. The van der Waals surface area contributed by atoms with Crippen molar-refractivity contribution in [2.45, 2.75) is 33.2 Å². The second kappa shape index (κ2) is 7.43. The van der Waals surface area contributed by atoms with E-state index in [4.69, 9.17) is 0 Å². The zero-order valence-corrected chi connectivity index (χ0v) is 14.3. The summed E-state index contributed by atoms with van der Waals surface area (Å²) in [7, 11) is 0. The molecule has 0 saturated carbocycles. The van der Waals surface area contributed by atoms with Crippen LogP contribution in [0.15, 0.2) is 36.7 Å². The second-order valence-corrected chi connectivity index (χ2v) is 6.54. The topological polar surface area (TPSA) is 58.1 Å². The van der Waals surface area contributed by atoms with Crippen molar-refractivity contribution in [2.75, 3.05) is 18.0 Å². The molecule has 2 aromatic rings. The van der Waals surface area contributed by atoms with E-state index >= 15 is 0 Å². The number of benzene rings is 1. The average Bonchev–Trinajstić information content (AvgIpc) is 2.61. The van der Waals surface area contributed by atoms with Gasteiger partial charge in [-0.2, -0.15) is 0 Å². The molecule has 1 saturated heterocycles. The highest BCUT2D eigenvalue weighted by atomic mass is 16.1. The van der Waals surface area contributed by atoms with Crippen LogP contribution in [-0.2, 0) is 6.54 Å². The number of hydrogen-bond donors (Lipinski definition) is 1. The van der Waals surface area contributed by atoms with Crippen LogP contribution in [0.1, 0.15) is 41.4 Å². The van der Waals surface area contributed by atoms with E-state index in [2.05, 4.69) is 27.1 Å². The van der Waals surface area contributed by atoms with Gasteiger partial charge in [0.05, 0.1) is 0 Å². The first-order chi connectivity index (χ1) is 11.6. The summed E-state index contributed by atoms with van der Waals surface area (Å²) in [6, 6.07) is 9.84. The molecule has 1 N–H and O–H groups in total. The third-order valence-electron chi connectivity index (χ3n) is 4.69. The van der Waals surface area contributed by atoms with Gasteiger partial charge in [0.25, 0.3) is 5.91 Å². The fourth-order valence-electron chi connectivity index (χ4n) is 2.96. The molecule has 1 amide bonds. The minimum atomic E-state index is -0.160. The highest BCUT2D eigenvalue weighted by Crippen LogP contribution is 2.21. The number of amides is 1. The molecule has 0 atom stereocenters. The number of piperidine rings is 1. The molecule has 0 spiro atoms. The lowest BCUT2D eigenvalue weighted by Gasteiger charge is -2.31. The second-order valence-electron chi connectivity index (χ2n) is 6.54. The third kappa shape index (κ3) is 3.91. The summed E-state index contributed by atoms with van der Waals surface area (Å²) >= 11 is 0. The van der Waals surface area contributed by atoms with Crippen LogP contribution in [0.25, 0.3) is 0 Å². The van der Waals surface area contributed by atoms with Gasteiger partial charge in [0.1, 0.15) is 17.8 Å². The molecule has 1 aliphatic heterocycles. The fourth-order valence-corrected chi connectivity index (χ4v) is 2.96. The molecule has 2 heterocycles. The van der Waals surface area contributed by atoms with Crippen molar-refractivity contribution in [2.24, 2.45) is 5.92 Å². The molecule has 24 heavy (non-hydrogen) atoms. The molecule has 1 aliphatic rings. The van der Waals surface area contributed by atoms with Gasteiger partial charge in [-0.15, -0.1) is 0 Å². The summed E-state index contributed by atoms with van der Waals surface area (Å²) in [5.74, 6) is 1.45. The summed E-state index contributed by atoms with van der Waals surface area (Å²) in [5, 5.41) is 2.95. The molecule has 0 radical (unpaired) electrons. The largest absolute Gasteiger partial charge is 0.356 e. The predicted molar refractivity (Wildman–Crippen MR) is 95.0 cm³/mol. The lowest BCUT2D eigenvalue weighted by Crippen LogP contribution is -2.34. The number of anilines is 1. The Kier molecular flexibility index (Phi) is 5.08. The quantitative estimate of drug-likeness (QED) is 0.939. The molecule has 5 nitrogen and oxygen atoms in total. The molecule has 5 heteroatoms. The van der Waals surface area contributed by atoms with Crippen LogP contribution < -0.4 is 10.2 Å². The first kappa shape index (κ1) is 16.4. The number of carbonyl (C=O) groups excluding carboxylic acids is 1. The maximum absolute atomic E-state index is 12.4. The number of aromatic nitrogens is 2. The number of rotatable bonds is 4. The smallest absolute Gasteiger partial charge is 0.270 e. The van der Waals surface area contributed by atoms with Crippen LogP contribution >= 0.6 is 0 Å². The minimum absolute atomic E-state index is 0.160. The summed E-state index contributed by atoms with van der Waals surface area (Å²) in [6.07, 6.45) is 3.81. The van der Waals surface area contributed by atoms with Gasteiger partial charge >= 0.3 is 0 Å². The Hall–Kier alpha value is -2.43. The molecule has 1 aromatic carbocycles. The van der Waals surface area contributed by atoms with Crippen molar-refractivity contribution >= 4 is 11.7 Å². The maximum Gasteiger partial charge on any atom is 0.270 e. The van der Waals surface area contributed by atoms with Crippen molar-refractivity contribution in [1.82, 2.24) is 15.3 Å². The van der Waals surface area contributed by atoms with E-state index in [1.54, 1.807) is 6.07 Å². The molecule has 126 valence electrons. The van der Waals surface area contributed by atoms with Gasteiger partial charge in [0.2, 0.25) is 0 Å². The van der Waals surface area contributed by atoms with Gasteiger partial charge in [0, 0.05) is 25.7 Å². The van der Waals surface area contributed by atoms with Crippen LogP contribution in [0.3, 0.4) is 0 Å². The van der Waals surface area contributed by atoms with E-state index in [9.17, 15) is 4.79 Å². The zero-order chi connectivity index (χ0) is 16.9. The van der Waals surface area contributed by atoms with E-state index in [0.29, 0.717) is 12.2 Å². The Labute approximate surface area is 143 Å². The van der Waals surface area contributed by atoms with E-state index in [1.165, 1.54) is 24.7 Å². The normalized spacial score (nSPS) is 15.3. The fraction of sp³-hybridized carbons (Fsp3) is 0.421. The molecule has 0 bridgehead atoms.